The lowest BCUT2D eigenvalue weighted by atomic mass is 10.0. The first-order chi connectivity index (χ1) is 15.9. The van der Waals surface area contributed by atoms with Crippen LogP contribution in [-0.2, 0) is 11.3 Å². The second-order valence-corrected chi connectivity index (χ2v) is 7.68. The molecule has 4 rings (SSSR count). The van der Waals surface area contributed by atoms with Crippen molar-refractivity contribution in [2.24, 2.45) is 0 Å². The Morgan fingerprint density at radius 3 is 2.39 bits per heavy atom. The average molecular weight is 465 g/mol. The number of hydrogen-bond acceptors (Lipinski definition) is 4. The normalized spacial score (nSPS) is 10.8. The topological polar surface area (TPSA) is 77.4 Å². The van der Waals surface area contributed by atoms with Crippen LogP contribution in [0.4, 0.5) is 10.1 Å². The predicted molar refractivity (Wildman–Crippen MR) is 125 cm³/mol. The number of rotatable bonds is 6. The minimum atomic E-state index is -0.573. The highest BCUT2D eigenvalue weighted by molar-refractivity contribution is 6.30. The maximum Gasteiger partial charge on any atom is 0.244 e. The van der Waals surface area contributed by atoms with Crippen LogP contribution in [0.5, 0.6) is 5.75 Å². The molecule has 0 unspecified atom stereocenters. The third kappa shape index (κ3) is 4.63. The molecule has 1 N–H and O–H groups in total. The number of ketones is 1. The SMILES string of the molecule is COc1cccc2c(=O)c(C(=O)c3ccc(F)cc3)cn(CC(=O)Nc3ccc(Cl)cc3)c12. The number of ether oxygens (including phenoxy) is 1. The van der Waals surface area contributed by atoms with Gasteiger partial charge in [-0.15, -0.1) is 0 Å². The third-order valence-electron chi connectivity index (χ3n) is 5.07. The molecule has 0 saturated heterocycles. The van der Waals surface area contributed by atoms with Gasteiger partial charge in [-0.2, -0.15) is 0 Å². The summed E-state index contributed by atoms with van der Waals surface area (Å²) < 4.78 is 20.2. The van der Waals surface area contributed by atoms with Gasteiger partial charge in [-0.05, 0) is 60.7 Å². The smallest absolute Gasteiger partial charge is 0.244 e. The van der Waals surface area contributed by atoms with Gasteiger partial charge >= 0.3 is 0 Å². The Morgan fingerprint density at radius 2 is 1.73 bits per heavy atom. The van der Waals surface area contributed by atoms with Crippen LogP contribution in [0, 0.1) is 5.82 Å². The summed E-state index contributed by atoms with van der Waals surface area (Å²) in [7, 11) is 1.45. The van der Waals surface area contributed by atoms with Gasteiger partial charge in [-0.1, -0.05) is 17.7 Å². The number of aromatic nitrogens is 1. The summed E-state index contributed by atoms with van der Waals surface area (Å²) in [5, 5.41) is 3.52. The molecule has 1 amide bonds. The van der Waals surface area contributed by atoms with Crippen molar-refractivity contribution in [3.05, 3.63) is 105 Å². The first kappa shape index (κ1) is 22.2. The van der Waals surface area contributed by atoms with Crippen molar-refractivity contribution in [2.45, 2.75) is 6.54 Å². The lowest BCUT2D eigenvalue weighted by Gasteiger charge is -2.16. The van der Waals surface area contributed by atoms with E-state index in [1.165, 1.54) is 30.0 Å². The van der Waals surface area contributed by atoms with Gasteiger partial charge in [-0.25, -0.2) is 4.39 Å². The second-order valence-electron chi connectivity index (χ2n) is 7.25. The molecule has 33 heavy (non-hydrogen) atoms. The molecule has 166 valence electrons. The maximum absolute atomic E-state index is 13.3. The number of fused-ring (bicyclic) bond motifs is 1. The van der Waals surface area contributed by atoms with Crippen LogP contribution in [0.3, 0.4) is 0 Å². The Bertz CT molecular complexity index is 1410. The van der Waals surface area contributed by atoms with E-state index in [1.54, 1.807) is 42.5 Å². The predicted octanol–water partition coefficient (Wildman–Crippen LogP) is 4.67. The number of benzene rings is 3. The van der Waals surface area contributed by atoms with E-state index < -0.39 is 17.0 Å². The summed E-state index contributed by atoms with van der Waals surface area (Å²) in [6, 6.07) is 16.4. The van der Waals surface area contributed by atoms with E-state index in [9.17, 15) is 18.8 Å². The average Bonchev–Trinajstić information content (AvgIpc) is 2.82. The fraction of sp³-hybridized carbons (Fsp3) is 0.0800. The molecule has 0 spiro atoms. The van der Waals surface area contributed by atoms with Crippen molar-refractivity contribution in [1.82, 2.24) is 4.57 Å². The Balaban J connectivity index is 1.79. The second kappa shape index (κ2) is 9.26. The van der Waals surface area contributed by atoms with E-state index in [-0.39, 0.29) is 29.0 Å². The molecule has 1 aromatic heterocycles. The number of carbonyl (C=O) groups excluding carboxylic acids is 2. The van der Waals surface area contributed by atoms with E-state index in [2.05, 4.69) is 5.32 Å². The van der Waals surface area contributed by atoms with Gasteiger partial charge in [0.15, 0.2) is 5.78 Å². The zero-order chi connectivity index (χ0) is 23.5. The lowest BCUT2D eigenvalue weighted by molar-refractivity contribution is -0.116. The Hall–Kier alpha value is -3.97. The van der Waals surface area contributed by atoms with Gasteiger partial charge in [-0.3, -0.25) is 14.4 Å². The third-order valence-corrected chi connectivity index (χ3v) is 5.33. The number of nitrogens with zero attached hydrogens (tertiary/aromatic N) is 1. The zero-order valence-electron chi connectivity index (χ0n) is 17.5. The van der Waals surface area contributed by atoms with Crippen molar-refractivity contribution in [1.29, 1.82) is 0 Å². The number of methoxy groups -OCH3 is 1. The number of carbonyl (C=O) groups is 2. The Morgan fingerprint density at radius 1 is 1.03 bits per heavy atom. The van der Waals surface area contributed by atoms with E-state index in [1.807, 2.05) is 0 Å². The van der Waals surface area contributed by atoms with Crippen molar-refractivity contribution < 1.29 is 18.7 Å². The molecule has 0 saturated carbocycles. The summed E-state index contributed by atoms with van der Waals surface area (Å²) in [5.41, 5.74) is 0.443. The fourth-order valence-electron chi connectivity index (χ4n) is 3.52. The number of pyridine rings is 1. The minimum absolute atomic E-state index is 0.137. The van der Waals surface area contributed by atoms with Crippen molar-refractivity contribution in [3.8, 4) is 5.75 Å². The molecule has 0 bridgehead atoms. The molecule has 0 aliphatic rings. The number of nitrogens with one attached hydrogen (secondary N) is 1. The molecular formula is C25H18ClFN2O4. The molecule has 0 aliphatic heterocycles. The van der Waals surface area contributed by atoms with E-state index in [4.69, 9.17) is 16.3 Å². The highest BCUT2D eigenvalue weighted by Crippen LogP contribution is 2.25. The molecule has 3 aromatic carbocycles. The quantitative estimate of drug-likeness (QED) is 0.420. The van der Waals surface area contributed by atoms with Gasteiger partial charge in [0.2, 0.25) is 11.3 Å². The van der Waals surface area contributed by atoms with Gasteiger partial charge in [0.1, 0.15) is 18.1 Å². The maximum atomic E-state index is 13.3. The highest BCUT2D eigenvalue weighted by Gasteiger charge is 2.20. The first-order valence-electron chi connectivity index (χ1n) is 9.93. The minimum Gasteiger partial charge on any atom is -0.495 e. The van der Waals surface area contributed by atoms with Gasteiger partial charge in [0.05, 0.1) is 23.6 Å². The standard InChI is InChI=1S/C25H18ClFN2O4/c1-33-21-4-2-3-19-23(21)29(14-22(30)28-18-11-7-16(26)8-12-18)13-20(25(19)32)24(31)15-5-9-17(27)10-6-15/h2-13H,14H2,1H3,(H,28,30). The van der Waals surface area contributed by atoms with Crippen molar-refractivity contribution in [3.63, 3.8) is 0 Å². The molecule has 0 aliphatic carbocycles. The van der Waals surface area contributed by atoms with Crippen molar-refractivity contribution >= 4 is 39.9 Å². The summed E-state index contributed by atoms with van der Waals surface area (Å²) >= 11 is 5.88. The number of para-hydroxylation sites is 1. The van der Waals surface area contributed by atoms with E-state index in [0.717, 1.165) is 12.1 Å². The van der Waals surface area contributed by atoms with Crippen LogP contribution in [-0.4, -0.2) is 23.4 Å². The molecule has 0 radical (unpaired) electrons. The van der Waals surface area contributed by atoms with E-state index in [0.29, 0.717) is 22.0 Å². The Labute approximate surface area is 193 Å². The summed E-state index contributed by atoms with van der Waals surface area (Å²) in [6.45, 7) is -0.191. The largest absolute Gasteiger partial charge is 0.495 e. The van der Waals surface area contributed by atoms with Gasteiger partial charge in [0.25, 0.3) is 0 Å². The highest BCUT2D eigenvalue weighted by atomic mass is 35.5. The van der Waals surface area contributed by atoms with E-state index >= 15 is 0 Å². The molecule has 0 fully saturated rings. The summed E-state index contributed by atoms with van der Waals surface area (Å²) in [4.78, 5) is 39.0. The van der Waals surface area contributed by atoms with Gasteiger partial charge < -0.3 is 14.6 Å². The van der Waals surface area contributed by atoms with Crippen LogP contribution >= 0.6 is 11.6 Å². The number of halogens is 2. The van der Waals surface area contributed by atoms with Crippen LogP contribution < -0.4 is 15.5 Å². The van der Waals surface area contributed by atoms with Gasteiger partial charge in [0, 0.05) is 22.5 Å². The summed E-state index contributed by atoms with van der Waals surface area (Å²) in [5.74, 6) is -1.07. The Kier molecular flexibility index (Phi) is 6.24. The first-order valence-corrected chi connectivity index (χ1v) is 10.3. The van der Waals surface area contributed by atoms with Crippen LogP contribution in [0.2, 0.25) is 5.02 Å². The van der Waals surface area contributed by atoms with Crippen LogP contribution in [0.1, 0.15) is 15.9 Å². The van der Waals surface area contributed by atoms with Crippen LogP contribution in [0.15, 0.2) is 77.7 Å². The summed E-state index contributed by atoms with van der Waals surface area (Å²) in [6.07, 6.45) is 1.33. The lowest BCUT2D eigenvalue weighted by Crippen LogP contribution is -2.24. The fourth-order valence-corrected chi connectivity index (χ4v) is 3.65. The molecular weight excluding hydrogens is 447 g/mol. The number of amides is 1. The van der Waals surface area contributed by atoms with Crippen molar-refractivity contribution in [2.75, 3.05) is 12.4 Å². The monoisotopic (exact) mass is 464 g/mol. The van der Waals surface area contributed by atoms with Crippen LogP contribution in [0.25, 0.3) is 10.9 Å². The molecule has 0 atom stereocenters. The number of anilines is 1. The molecule has 8 heteroatoms. The molecule has 1 heterocycles. The zero-order valence-corrected chi connectivity index (χ0v) is 18.2. The molecule has 6 nitrogen and oxygen atoms in total. The molecule has 4 aromatic rings. The number of hydrogen-bond donors (Lipinski definition) is 1.